The summed E-state index contributed by atoms with van der Waals surface area (Å²) < 4.78 is 12.1. The summed E-state index contributed by atoms with van der Waals surface area (Å²) in [5, 5.41) is 0. The van der Waals surface area contributed by atoms with Crippen LogP contribution in [0.3, 0.4) is 0 Å². The summed E-state index contributed by atoms with van der Waals surface area (Å²) in [5.41, 5.74) is 0.0689. The molecule has 3 heterocycles. The number of ether oxygens (including phenoxy) is 2. The van der Waals surface area contributed by atoms with Crippen LogP contribution in [0, 0.1) is 5.92 Å². The first kappa shape index (κ1) is 13.5. The molecule has 0 aromatic carbocycles. The van der Waals surface area contributed by atoms with Gasteiger partial charge in [-0.2, -0.15) is 0 Å². The highest BCUT2D eigenvalue weighted by atomic mass is 16.6. The Hall–Kier alpha value is -1.13. The second-order valence-electron chi connectivity index (χ2n) is 6.85. The van der Waals surface area contributed by atoms with Crippen molar-refractivity contribution in [1.29, 1.82) is 0 Å². The number of hydrogen-bond acceptors (Lipinski definition) is 4. The van der Waals surface area contributed by atoms with Crippen LogP contribution in [0.2, 0.25) is 0 Å². The van der Waals surface area contributed by atoms with Gasteiger partial charge in [0.05, 0.1) is 12.2 Å². The minimum atomic E-state index is 0.0689. The Balaban J connectivity index is 1.29. The third kappa shape index (κ3) is 3.22. The molecule has 3 fully saturated rings. The normalized spacial score (nSPS) is 28.9. The summed E-state index contributed by atoms with van der Waals surface area (Å²) in [6.07, 6.45) is 8.15. The van der Waals surface area contributed by atoms with Crippen molar-refractivity contribution in [2.45, 2.75) is 43.8 Å². The van der Waals surface area contributed by atoms with Crippen molar-refractivity contribution in [2.75, 3.05) is 26.2 Å². The van der Waals surface area contributed by atoms with E-state index in [1.807, 2.05) is 18.2 Å². The highest BCUT2D eigenvalue weighted by molar-refractivity contribution is 5.10. The molecule has 1 aliphatic carbocycles. The van der Waals surface area contributed by atoms with E-state index in [4.69, 9.17) is 9.47 Å². The summed E-state index contributed by atoms with van der Waals surface area (Å²) in [5.74, 6) is 1.71. The average Bonchev–Trinajstić information content (AvgIpc) is 3.25. The molecule has 0 unspecified atom stereocenters. The topological polar surface area (TPSA) is 34.6 Å². The lowest BCUT2D eigenvalue weighted by Gasteiger charge is -2.38. The van der Waals surface area contributed by atoms with Crippen molar-refractivity contribution in [3.63, 3.8) is 0 Å². The van der Waals surface area contributed by atoms with E-state index >= 15 is 0 Å². The average molecular weight is 288 g/mol. The van der Waals surface area contributed by atoms with Crippen molar-refractivity contribution < 1.29 is 9.47 Å². The zero-order chi connectivity index (χ0) is 14.1. The van der Waals surface area contributed by atoms with E-state index in [2.05, 4.69) is 9.88 Å². The first-order valence-corrected chi connectivity index (χ1v) is 8.25. The SMILES string of the molecule is c1ccc(O[C@@H]2COC3(CCN(CC4CC4)CC3)C2)nc1. The van der Waals surface area contributed by atoms with Gasteiger partial charge >= 0.3 is 0 Å². The van der Waals surface area contributed by atoms with Gasteiger partial charge < -0.3 is 14.4 Å². The largest absolute Gasteiger partial charge is 0.472 e. The first-order chi connectivity index (χ1) is 10.3. The van der Waals surface area contributed by atoms with E-state index in [-0.39, 0.29) is 11.7 Å². The number of pyridine rings is 1. The second-order valence-corrected chi connectivity index (χ2v) is 6.85. The van der Waals surface area contributed by atoms with Gasteiger partial charge in [0.25, 0.3) is 0 Å². The Bertz CT molecular complexity index is 467. The summed E-state index contributed by atoms with van der Waals surface area (Å²) in [4.78, 5) is 6.87. The van der Waals surface area contributed by atoms with Crippen molar-refractivity contribution in [3.8, 4) is 5.88 Å². The van der Waals surface area contributed by atoms with E-state index in [0.717, 1.165) is 25.2 Å². The molecule has 1 aromatic heterocycles. The highest BCUT2D eigenvalue weighted by Crippen LogP contribution is 2.38. The quantitative estimate of drug-likeness (QED) is 0.852. The van der Waals surface area contributed by atoms with Crippen molar-refractivity contribution in [2.24, 2.45) is 5.92 Å². The molecule has 2 aliphatic heterocycles. The van der Waals surface area contributed by atoms with Crippen LogP contribution in [0.15, 0.2) is 24.4 Å². The fourth-order valence-electron chi connectivity index (χ4n) is 3.62. The number of likely N-dealkylation sites (tertiary alicyclic amines) is 1. The third-order valence-corrected chi connectivity index (χ3v) is 5.08. The smallest absolute Gasteiger partial charge is 0.213 e. The monoisotopic (exact) mass is 288 g/mol. The lowest BCUT2D eigenvalue weighted by atomic mass is 9.88. The van der Waals surface area contributed by atoms with Crippen molar-refractivity contribution in [3.05, 3.63) is 24.4 Å². The van der Waals surface area contributed by atoms with Gasteiger partial charge in [-0.05, 0) is 37.7 Å². The highest BCUT2D eigenvalue weighted by Gasteiger charge is 2.44. The first-order valence-electron chi connectivity index (χ1n) is 8.25. The van der Waals surface area contributed by atoms with Gasteiger partial charge in [0, 0.05) is 38.3 Å². The Morgan fingerprint density at radius 3 is 2.86 bits per heavy atom. The van der Waals surface area contributed by atoms with Gasteiger partial charge in [-0.25, -0.2) is 4.98 Å². The van der Waals surface area contributed by atoms with E-state index in [1.165, 1.54) is 32.5 Å². The summed E-state index contributed by atoms with van der Waals surface area (Å²) in [6.45, 7) is 4.39. The fraction of sp³-hybridized carbons (Fsp3) is 0.706. The molecule has 114 valence electrons. The molecule has 3 aliphatic rings. The molecule has 21 heavy (non-hydrogen) atoms. The van der Waals surface area contributed by atoms with Crippen LogP contribution in [0.1, 0.15) is 32.1 Å². The number of nitrogens with zero attached hydrogens (tertiary/aromatic N) is 2. The second kappa shape index (κ2) is 5.58. The lowest BCUT2D eigenvalue weighted by Crippen LogP contribution is -2.45. The minimum absolute atomic E-state index is 0.0689. The standard InChI is InChI=1S/C17H24N2O2/c1-2-8-18-16(3-1)21-15-11-17(20-13-15)6-9-19(10-7-17)12-14-4-5-14/h1-3,8,14-15H,4-7,9-13H2/t15-/m0/s1. The lowest BCUT2D eigenvalue weighted by molar-refractivity contribution is -0.0447. The Morgan fingerprint density at radius 1 is 1.29 bits per heavy atom. The molecule has 1 spiro atoms. The maximum absolute atomic E-state index is 6.16. The van der Waals surface area contributed by atoms with Gasteiger partial charge in [-0.15, -0.1) is 0 Å². The number of rotatable bonds is 4. The summed E-state index contributed by atoms with van der Waals surface area (Å²) >= 11 is 0. The minimum Gasteiger partial charge on any atom is -0.472 e. The van der Waals surface area contributed by atoms with E-state index < -0.39 is 0 Å². The van der Waals surface area contributed by atoms with Crippen LogP contribution in [0.25, 0.3) is 0 Å². The third-order valence-electron chi connectivity index (χ3n) is 5.08. The van der Waals surface area contributed by atoms with Crippen LogP contribution in [0.5, 0.6) is 5.88 Å². The molecule has 4 rings (SSSR count). The molecule has 4 nitrogen and oxygen atoms in total. The number of hydrogen-bond donors (Lipinski definition) is 0. The van der Waals surface area contributed by atoms with Gasteiger partial charge in [0.15, 0.2) is 0 Å². The zero-order valence-electron chi connectivity index (χ0n) is 12.5. The van der Waals surface area contributed by atoms with Crippen molar-refractivity contribution in [1.82, 2.24) is 9.88 Å². The molecular weight excluding hydrogens is 264 g/mol. The molecule has 0 radical (unpaired) electrons. The molecule has 4 heteroatoms. The van der Waals surface area contributed by atoms with E-state index in [0.29, 0.717) is 12.5 Å². The predicted octanol–water partition coefficient (Wildman–Crippen LogP) is 2.49. The molecule has 1 saturated carbocycles. The Kier molecular flexibility index (Phi) is 3.59. The maximum atomic E-state index is 6.16. The van der Waals surface area contributed by atoms with Crippen LogP contribution in [-0.4, -0.2) is 47.8 Å². The van der Waals surface area contributed by atoms with Crippen LogP contribution in [-0.2, 0) is 4.74 Å². The van der Waals surface area contributed by atoms with E-state index in [9.17, 15) is 0 Å². The molecular formula is C17H24N2O2. The number of aromatic nitrogens is 1. The van der Waals surface area contributed by atoms with Gasteiger partial charge in [0.2, 0.25) is 5.88 Å². The molecule has 1 atom stereocenters. The molecule has 2 saturated heterocycles. The van der Waals surface area contributed by atoms with Crippen LogP contribution < -0.4 is 4.74 Å². The fourth-order valence-corrected chi connectivity index (χ4v) is 3.62. The molecule has 0 bridgehead atoms. The zero-order valence-corrected chi connectivity index (χ0v) is 12.5. The van der Waals surface area contributed by atoms with Gasteiger partial charge in [-0.1, -0.05) is 6.07 Å². The van der Waals surface area contributed by atoms with Crippen molar-refractivity contribution >= 4 is 0 Å². The Morgan fingerprint density at radius 2 is 2.14 bits per heavy atom. The summed E-state index contributed by atoms with van der Waals surface area (Å²) in [6, 6.07) is 5.79. The number of piperidine rings is 1. The van der Waals surface area contributed by atoms with Gasteiger partial charge in [0.1, 0.15) is 6.10 Å². The Labute approximate surface area is 126 Å². The molecule has 1 aromatic rings. The summed E-state index contributed by atoms with van der Waals surface area (Å²) in [7, 11) is 0. The molecule has 0 N–H and O–H groups in total. The van der Waals surface area contributed by atoms with E-state index in [1.54, 1.807) is 6.20 Å². The van der Waals surface area contributed by atoms with Crippen LogP contribution in [0.4, 0.5) is 0 Å². The maximum Gasteiger partial charge on any atom is 0.213 e. The van der Waals surface area contributed by atoms with Crippen LogP contribution >= 0.6 is 0 Å². The van der Waals surface area contributed by atoms with Gasteiger partial charge in [-0.3, -0.25) is 0 Å². The predicted molar refractivity (Wildman–Crippen MR) is 80.4 cm³/mol. The molecule has 0 amide bonds.